The molecular formula is C12H18N4O. The topological polar surface area (TPSA) is 93.9 Å². The van der Waals surface area contributed by atoms with E-state index in [9.17, 15) is 4.79 Å². The summed E-state index contributed by atoms with van der Waals surface area (Å²) in [7, 11) is 0. The largest absolute Gasteiger partial charge is 0.327 e. The van der Waals surface area contributed by atoms with Crippen LogP contribution in [0.4, 0.5) is 0 Å². The van der Waals surface area contributed by atoms with E-state index in [0.717, 1.165) is 32.1 Å². The maximum absolute atomic E-state index is 12.2. The molecule has 0 spiro atoms. The smallest absolute Gasteiger partial charge is 0.228 e. The Labute approximate surface area is 102 Å². The standard InChI is InChI=1S/C12H18N4O/c13-6-8-16(9-7-14)12(17)10-4-2-1-3-5-11(10)15/h10-11H,1-5,8-9,15H2. The second-order valence-electron chi connectivity index (χ2n) is 4.42. The van der Waals surface area contributed by atoms with Crippen LogP contribution in [0, 0.1) is 28.6 Å². The average molecular weight is 234 g/mol. The summed E-state index contributed by atoms with van der Waals surface area (Å²) in [4.78, 5) is 13.5. The van der Waals surface area contributed by atoms with Crippen molar-refractivity contribution in [3.05, 3.63) is 0 Å². The number of nitrogens with zero attached hydrogens (tertiary/aromatic N) is 3. The predicted molar refractivity (Wildman–Crippen MR) is 62.4 cm³/mol. The lowest BCUT2D eigenvalue weighted by Crippen LogP contribution is -2.44. The summed E-state index contributed by atoms with van der Waals surface area (Å²) in [5, 5.41) is 17.3. The normalized spacial score (nSPS) is 24.2. The van der Waals surface area contributed by atoms with Crippen LogP contribution < -0.4 is 5.73 Å². The Kier molecular flexibility index (Phi) is 5.45. The van der Waals surface area contributed by atoms with Crippen LogP contribution in [0.1, 0.15) is 32.1 Å². The van der Waals surface area contributed by atoms with Crippen molar-refractivity contribution in [2.75, 3.05) is 13.1 Å². The number of nitrogens with two attached hydrogens (primary N) is 1. The third-order valence-electron chi connectivity index (χ3n) is 3.22. The molecule has 5 nitrogen and oxygen atoms in total. The van der Waals surface area contributed by atoms with E-state index in [1.54, 1.807) is 0 Å². The summed E-state index contributed by atoms with van der Waals surface area (Å²) in [5.41, 5.74) is 6.00. The van der Waals surface area contributed by atoms with Crippen molar-refractivity contribution >= 4 is 5.91 Å². The van der Waals surface area contributed by atoms with Crippen molar-refractivity contribution in [3.63, 3.8) is 0 Å². The first-order valence-corrected chi connectivity index (χ1v) is 5.99. The van der Waals surface area contributed by atoms with Crippen molar-refractivity contribution in [3.8, 4) is 12.1 Å². The summed E-state index contributed by atoms with van der Waals surface area (Å²) in [6.07, 6.45) is 4.78. The lowest BCUT2D eigenvalue weighted by Gasteiger charge is -2.26. The van der Waals surface area contributed by atoms with E-state index in [2.05, 4.69) is 0 Å². The van der Waals surface area contributed by atoms with Gasteiger partial charge in [-0.05, 0) is 12.8 Å². The van der Waals surface area contributed by atoms with Crippen LogP contribution >= 0.6 is 0 Å². The average Bonchev–Trinajstić information content (AvgIpc) is 2.53. The van der Waals surface area contributed by atoms with Gasteiger partial charge in [0.25, 0.3) is 0 Å². The Hall–Kier alpha value is -1.59. The van der Waals surface area contributed by atoms with Gasteiger partial charge in [0.1, 0.15) is 13.1 Å². The summed E-state index contributed by atoms with van der Waals surface area (Å²) >= 11 is 0. The lowest BCUT2D eigenvalue weighted by molar-refractivity contribution is -0.135. The van der Waals surface area contributed by atoms with Crippen LogP contribution in [0.5, 0.6) is 0 Å². The molecule has 0 aliphatic heterocycles. The third kappa shape index (κ3) is 3.72. The first-order valence-electron chi connectivity index (χ1n) is 5.99. The van der Waals surface area contributed by atoms with Crippen LogP contribution in [-0.2, 0) is 4.79 Å². The van der Waals surface area contributed by atoms with E-state index in [0.29, 0.717) is 0 Å². The van der Waals surface area contributed by atoms with E-state index in [-0.39, 0.29) is 31.0 Å². The fourth-order valence-corrected chi connectivity index (χ4v) is 2.26. The monoisotopic (exact) mass is 234 g/mol. The molecule has 17 heavy (non-hydrogen) atoms. The number of rotatable bonds is 3. The van der Waals surface area contributed by atoms with E-state index in [4.69, 9.17) is 16.3 Å². The fraction of sp³-hybridized carbons (Fsp3) is 0.750. The molecule has 5 heteroatoms. The number of nitriles is 2. The summed E-state index contributed by atoms with van der Waals surface area (Å²) in [6.45, 7) is -0.0643. The quantitative estimate of drug-likeness (QED) is 0.576. The van der Waals surface area contributed by atoms with E-state index < -0.39 is 0 Å². The highest BCUT2D eigenvalue weighted by molar-refractivity contribution is 5.80. The Balaban J connectivity index is 2.70. The van der Waals surface area contributed by atoms with Gasteiger partial charge in [-0.25, -0.2) is 0 Å². The highest BCUT2D eigenvalue weighted by Crippen LogP contribution is 2.23. The van der Waals surface area contributed by atoms with Crippen molar-refractivity contribution < 1.29 is 4.79 Å². The van der Waals surface area contributed by atoms with Crippen molar-refractivity contribution in [2.24, 2.45) is 11.7 Å². The van der Waals surface area contributed by atoms with Crippen LogP contribution in [0.15, 0.2) is 0 Å². The fourth-order valence-electron chi connectivity index (χ4n) is 2.26. The first kappa shape index (κ1) is 13.5. The molecule has 1 fully saturated rings. The molecule has 0 heterocycles. The second-order valence-corrected chi connectivity index (χ2v) is 4.42. The van der Waals surface area contributed by atoms with Gasteiger partial charge < -0.3 is 10.6 Å². The van der Waals surface area contributed by atoms with E-state index in [1.165, 1.54) is 4.90 Å². The van der Waals surface area contributed by atoms with Crippen LogP contribution in [0.3, 0.4) is 0 Å². The summed E-state index contributed by atoms with van der Waals surface area (Å²) in [5.74, 6) is -0.360. The SMILES string of the molecule is N#CCN(CC#N)C(=O)C1CCCCCC1N. The van der Waals surface area contributed by atoms with Gasteiger partial charge in [-0.1, -0.05) is 19.3 Å². The van der Waals surface area contributed by atoms with Gasteiger partial charge in [-0.15, -0.1) is 0 Å². The van der Waals surface area contributed by atoms with Gasteiger partial charge in [0.15, 0.2) is 0 Å². The summed E-state index contributed by atoms with van der Waals surface area (Å²) < 4.78 is 0. The van der Waals surface area contributed by atoms with E-state index in [1.807, 2.05) is 12.1 Å². The Bertz CT molecular complexity index is 325. The van der Waals surface area contributed by atoms with Crippen molar-refractivity contribution in [1.82, 2.24) is 4.90 Å². The zero-order chi connectivity index (χ0) is 12.7. The van der Waals surface area contributed by atoms with Crippen LogP contribution in [-0.4, -0.2) is 29.9 Å². The number of hydrogen-bond acceptors (Lipinski definition) is 4. The van der Waals surface area contributed by atoms with Crippen molar-refractivity contribution in [2.45, 2.75) is 38.1 Å². The molecule has 1 amide bonds. The first-order chi connectivity index (χ1) is 8.20. The highest BCUT2D eigenvalue weighted by atomic mass is 16.2. The maximum Gasteiger partial charge on any atom is 0.228 e. The van der Waals surface area contributed by atoms with Gasteiger partial charge >= 0.3 is 0 Å². The number of amides is 1. The highest BCUT2D eigenvalue weighted by Gasteiger charge is 2.30. The summed E-state index contributed by atoms with van der Waals surface area (Å²) in [6, 6.07) is 3.70. The second kappa shape index (κ2) is 6.88. The molecule has 0 radical (unpaired) electrons. The van der Waals surface area contributed by atoms with Crippen molar-refractivity contribution in [1.29, 1.82) is 10.5 Å². The molecule has 0 saturated heterocycles. The van der Waals surface area contributed by atoms with Gasteiger partial charge in [-0.3, -0.25) is 4.79 Å². The zero-order valence-corrected chi connectivity index (χ0v) is 9.93. The minimum absolute atomic E-state index is 0.0321. The van der Waals surface area contributed by atoms with Gasteiger partial charge in [0, 0.05) is 6.04 Å². The molecular weight excluding hydrogens is 216 g/mol. The van der Waals surface area contributed by atoms with Crippen LogP contribution in [0.25, 0.3) is 0 Å². The molecule has 2 atom stereocenters. The molecule has 92 valence electrons. The molecule has 1 saturated carbocycles. The Morgan fingerprint density at radius 1 is 1.18 bits per heavy atom. The molecule has 0 aromatic carbocycles. The molecule has 0 bridgehead atoms. The Morgan fingerprint density at radius 2 is 1.76 bits per heavy atom. The third-order valence-corrected chi connectivity index (χ3v) is 3.22. The molecule has 0 aromatic heterocycles. The minimum atomic E-state index is -0.223. The zero-order valence-electron chi connectivity index (χ0n) is 9.93. The minimum Gasteiger partial charge on any atom is -0.327 e. The predicted octanol–water partition coefficient (Wildman–Crippen LogP) is 0.770. The lowest BCUT2D eigenvalue weighted by atomic mass is 9.94. The molecule has 2 unspecified atom stereocenters. The molecule has 1 aliphatic rings. The van der Waals surface area contributed by atoms with Gasteiger partial charge in [0.2, 0.25) is 5.91 Å². The van der Waals surface area contributed by atoms with Gasteiger partial charge in [-0.2, -0.15) is 10.5 Å². The molecule has 1 aliphatic carbocycles. The molecule has 2 N–H and O–H groups in total. The van der Waals surface area contributed by atoms with Crippen LogP contribution in [0.2, 0.25) is 0 Å². The number of hydrogen-bond donors (Lipinski definition) is 1. The van der Waals surface area contributed by atoms with E-state index >= 15 is 0 Å². The molecule has 1 rings (SSSR count). The molecule has 0 aromatic rings. The number of carbonyl (C=O) groups is 1. The maximum atomic E-state index is 12.2. The van der Waals surface area contributed by atoms with Gasteiger partial charge in [0.05, 0.1) is 18.1 Å². The number of carbonyl (C=O) groups excluding carboxylic acids is 1. The Morgan fingerprint density at radius 3 is 2.35 bits per heavy atom.